The van der Waals surface area contributed by atoms with Crippen molar-refractivity contribution in [3.8, 4) is 23.6 Å². The van der Waals surface area contributed by atoms with E-state index in [1.54, 1.807) is 21.9 Å². The van der Waals surface area contributed by atoms with E-state index in [4.69, 9.17) is 35.8 Å². The highest BCUT2D eigenvalue weighted by molar-refractivity contribution is 6.29. The number of rotatable bonds is 5. The molecule has 2 amide bonds. The fourth-order valence-corrected chi connectivity index (χ4v) is 8.03. The lowest BCUT2D eigenvalue weighted by Gasteiger charge is -2.34. The number of nitrogens with one attached hydrogen (secondary N) is 1. The van der Waals surface area contributed by atoms with E-state index in [2.05, 4.69) is 64.0 Å². The standard InChI is InChI=1S/C23H35N5O3.C16H20ClN3O3.C7H16N2/c1-17-15-26(5)9-7-11-28(17)21-13-20(12-18(14-24)25-21)30-19-8-6-10-27(16-19)22(29)31-23(2,3)4;1-16(2,3)23-15(21)20-6-4-5-12(10-20)22-13-7-11(9-18)19-14(17)8-13;1-7-6-9(2)5-3-4-8-7/h12-13,17,19H,6-11,15-16H2,1-5H3;7-8,12H,4-6,10H2,1-3H3;7-8H,3-6H2,1-2H3/t17-,19?;;7-/m0.0/s1. The third kappa shape index (κ3) is 18.2. The summed E-state index contributed by atoms with van der Waals surface area (Å²) < 4.78 is 23.0. The number of pyridine rings is 2. The number of ether oxygens (including phenoxy) is 4. The second kappa shape index (κ2) is 23.9. The van der Waals surface area contributed by atoms with Gasteiger partial charge in [0.05, 0.1) is 13.1 Å². The fourth-order valence-electron chi connectivity index (χ4n) is 7.83. The molecule has 2 aromatic heterocycles. The highest BCUT2D eigenvalue weighted by atomic mass is 35.5. The molecule has 4 aliphatic heterocycles. The third-order valence-corrected chi connectivity index (χ3v) is 10.8. The number of nitrogens with zero attached hydrogens (tertiary/aromatic N) is 9. The van der Waals surface area contributed by atoms with Gasteiger partial charge < -0.3 is 48.8 Å². The first kappa shape index (κ1) is 51.0. The molecule has 4 aliphatic rings. The minimum absolute atomic E-state index is 0.143. The van der Waals surface area contributed by atoms with Crippen molar-refractivity contribution in [1.29, 1.82) is 10.5 Å². The fraction of sp³-hybridized carbons (Fsp3) is 0.696. The highest BCUT2D eigenvalue weighted by Crippen LogP contribution is 2.28. The largest absolute Gasteiger partial charge is 0.488 e. The highest BCUT2D eigenvalue weighted by Gasteiger charge is 2.31. The van der Waals surface area contributed by atoms with Crippen molar-refractivity contribution in [2.45, 2.75) is 129 Å². The van der Waals surface area contributed by atoms with E-state index in [0.717, 1.165) is 57.6 Å². The first-order chi connectivity index (χ1) is 29.7. The Hall–Kier alpha value is -4.61. The molecule has 0 radical (unpaired) electrons. The van der Waals surface area contributed by atoms with E-state index in [0.29, 0.717) is 55.5 Å². The summed E-state index contributed by atoms with van der Waals surface area (Å²) in [4.78, 5) is 43.3. The Bertz CT molecular complexity index is 1870. The van der Waals surface area contributed by atoms with Crippen LogP contribution in [0.5, 0.6) is 11.5 Å². The molecule has 348 valence electrons. The summed E-state index contributed by atoms with van der Waals surface area (Å²) in [7, 11) is 4.32. The summed E-state index contributed by atoms with van der Waals surface area (Å²) >= 11 is 5.87. The first-order valence-electron chi connectivity index (χ1n) is 22.4. The van der Waals surface area contributed by atoms with Gasteiger partial charge in [-0.1, -0.05) is 11.6 Å². The van der Waals surface area contributed by atoms with Gasteiger partial charge in [-0.05, 0) is 128 Å². The second-order valence-electron chi connectivity index (χ2n) is 19.0. The molecule has 63 heavy (non-hydrogen) atoms. The van der Waals surface area contributed by atoms with Gasteiger partial charge in [-0.25, -0.2) is 19.6 Å². The molecule has 17 heteroatoms. The molecule has 4 saturated heterocycles. The molecule has 6 heterocycles. The van der Waals surface area contributed by atoms with Gasteiger partial charge >= 0.3 is 12.2 Å². The molecule has 0 saturated carbocycles. The second-order valence-corrected chi connectivity index (χ2v) is 19.4. The number of piperidine rings is 2. The number of nitriles is 2. The normalized spacial score (nSPS) is 22.6. The smallest absolute Gasteiger partial charge is 0.410 e. The predicted molar refractivity (Wildman–Crippen MR) is 244 cm³/mol. The van der Waals surface area contributed by atoms with Crippen molar-refractivity contribution < 1.29 is 28.5 Å². The van der Waals surface area contributed by atoms with Crippen LogP contribution >= 0.6 is 11.6 Å². The molecule has 16 nitrogen and oxygen atoms in total. The van der Waals surface area contributed by atoms with E-state index in [1.807, 2.05) is 53.7 Å². The van der Waals surface area contributed by atoms with Crippen LogP contribution in [0.25, 0.3) is 0 Å². The van der Waals surface area contributed by atoms with E-state index < -0.39 is 11.2 Å². The summed E-state index contributed by atoms with van der Waals surface area (Å²) in [5.74, 6) is 1.89. The minimum Gasteiger partial charge on any atom is -0.488 e. The average Bonchev–Trinajstić information content (AvgIpc) is 3.50. The van der Waals surface area contributed by atoms with Crippen LogP contribution in [-0.4, -0.2) is 157 Å². The molecule has 4 atom stereocenters. The van der Waals surface area contributed by atoms with Crippen LogP contribution in [0.15, 0.2) is 24.3 Å². The van der Waals surface area contributed by atoms with Crippen LogP contribution in [0.1, 0.15) is 105 Å². The van der Waals surface area contributed by atoms with Crippen molar-refractivity contribution >= 4 is 29.6 Å². The lowest BCUT2D eigenvalue weighted by molar-refractivity contribution is 0.00711. The molecule has 0 spiro atoms. The monoisotopic (exact) mass is 895 g/mol. The molecule has 1 N–H and O–H groups in total. The molecular formula is C46H71ClN10O6. The molecule has 0 bridgehead atoms. The van der Waals surface area contributed by atoms with E-state index in [1.165, 1.54) is 32.1 Å². The summed E-state index contributed by atoms with van der Waals surface area (Å²) in [6, 6.07) is 11.8. The van der Waals surface area contributed by atoms with Crippen LogP contribution in [0, 0.1) is 22.7 Å². The van der Waals surface area contributed by atoms with Gasteiger partial charge in [0.2, 0.25) is 0 Å². The molecular weight excluding hydrogens is 824 g/mol. The van der Waals surface area contributed by atoms with Crippen molar-refractivity contribution in [3.05, 3.63) is 40.8 Å². The van der Waals surface area contributed by atoms with Crippen molar-refractivity contribution in [2.75, 3.05) is 84.4 Å². The first-order valence-corrected chi connectivity index (χ1v) is 22.7. The number of aromatic nitrogens is 2. The van der Waals surface area contributed by atoms with Gasteiger partial charge in [0.25, 0.3) is 0 Å². The number of anilines is 1. The summed E-state index contributed by atoms with van der Waals surface area (Å²) in [6.45, 7) is 24.3. The maximum Gasteiger partial charge on any atom is 0.410 e. The Morgan fingerprint density at radius 2 is 1.21 bits per heavy atom. The van der Waals surface area contributed by atoms with Gasteiger partial charge in [-0.15, -0.1) is 0 Å². The number of carbonyl (C=O) groups is 2. The predicted octanol–water partition coefficient (Wildman–Crippen LogP) is 6.95. The zero-order valence-corrected chi connectivity index (χ0v) is 40.0. The van der Waals surface area contributed by atoms with Crippen LogP contribution in [-0.2, 0) is 9.47 Å². The van der Waals surface area contributed by atoms with Crippen molar-refractivity contribution in [3.63, 3.8) is 0 Å². The SMILES string of the molecule is CC(C)(C)OC(=O)N1CCCC(Oc2cc(Cl)nc(C#N)c2)C1.C[C@H]1CN(C)CCCN1.C[C@H]1CN(C)CCCN1c1cc(OC2CCCN(C(=O)OC(C)(C)C)C2)cc(C#N)n1. The quantitative estimate of drug-likeness (QED) is 0.306. The molecule has 4 fully saturated rings. The Morgan fingerprint density at radius 1 is 0.698 bits per heavy atom. The maximum atomic E-state index is 12.5. The Morgan fingerprint density at radius 3 is 1.75 bits per heavy atom. The van der Waals surface area contributed by atoms with E-state index >= 15 is 0 Å². The lowest BCUT2D eigenvalue weighted by atomic mass is 10.1. The number of likely N-dealkylation sites (tertiary alicyclic amines) is 2. The van der Waals surface area contributed by atoms with Crippen LogP contribution in [0.2, 0.25) is 5.15 Å². The number of carbonyl (C=O) groups excluding carboxylic acids is 2. The lowest BCUT2D eigenvalue weighted by Crippen LogP contribution is -2.46. The van der Waals surface area contributed by atoms with Crippen LogP contribution in [0.4, 0.5) is 15.4 Å². The Balaban J connectivity index is 0.000000237. The van der Waals surface area contributed by atoms with Crippen molar-refractivity contribution in [2.24, 2.45) is 0 Å². The number of likely N-dealkylation sites (N-methyl/N-ethyl adjacent to an activating group) is 2. The maximum absolute atomic E-state index is 12.5. The summed E-state index contributed by atoms with van der Waals surface area (Å²) in [6.07, 6.45) is 4.73. The molecule has 2 aromatic rings. The van der Waals surface area contributed by atoms with Crippen LogP contribution in [0.3, 0.4) is 0 Å². The Kier molecular flexibility index (Phi) is 19.4. The topological polar surface area (TPSA) is 173 Å². The van der Waals surface area contributed by atoms with Gasteiger partial charge in [0.1, 0.15) is 69.4 Å². The van der Waals surface area contributed by atoms with Gasteiger partial charge in [0, 0.05) is 69.1 Å². The molecule has 0 aliphatic carbocycles. The Labute approximate surface area is 380 Å². The van der Waals surface area contributed by atoms with Crippen molar-refractivity contribution in [1.82, 2.24) is 34.9 Å². The van der Waals surface area contributed by atoms with Gasteiger partial charge in [0.15, 0.2) is 0 Å². The zero-order chi connectivity index (χ0) is 46.3. The van der Waals surface area contributed by atoms with E-state index in [9.17, 15) is 14.9 Å². The summed E-state index contributed by atoms with van der Waals surface area (Å²) in [5, 5.41) is 22.1. The molecule has 2 unspecified atom stereocenters. The third-order valence-electron chi connectivity index (χ3n) is 10.6. The number of halogens is 1. The van der Waals surface area contributed by atoms with Gasteiger partial charge in [-0.3, -0.25) is 0 Å². The molecule has 0 aromatic carbocycles. The minimum atomic E-state index is -0.523. The van der Waals surface area contributed by atoms with Gasteiger partial charge in [-0.2, -0.15) is 10.5 Å². The van der Waals surface area contributed by atoms with E-state index in [-0.39, 0.29) is 35.2 Å². The average molecular weight is 896 g/mol. The number of hydrogen-bond donors (Lipinski definition) is 1. The zero-order valence-electron chi connectivity index (χ0n) is 39.3. The number of amides is 2. The molecule has 6 rings (SSSR count). The number of hydrogen-bond acceptors (Lipinski definition) is 14. The summed E-state index contributed by atoms with van der Waals surface area (Å²) in [5.41, 5.74) is -0.500. The van der Waals surface area contributed by atoms with Crippen LogP contribution < -0.4 is 19.7 Å².